The Hall–Kier alpha value is -2.72. The number of nitro groups is 1. The van der Waals surface area contributed by atoms with Crippen molar-refractivity contribution in [2.24, 2.45) is 0 Å². The van der Waals surface area contributed by atoms with Crippen LogP contribution in [0, 0.1) is 21.4 Å². The molecule has 0 bridgehead atoms. The Morgan fingerprint density at radius 3 is 2.74 bits per heavy atom. The first-order valence-electron chi connectivity index (χ1n) is 4.94. The number of hydrogen-bond donors (Lipinski definition) is 0. The minimum Gasteiger partial charge on any atom is -0.436 e. The van der Waals surface area contributed by atoms with Crippen molar-refractivity contribution < 1.29 is 9.66 Å². The van der Waals surface area contributed by atoms with Crippen LogP contribution in [0.25, 0.3) is 0 Å². The fourth-order valence-electron chi connectivity index (χ4n) is 1.22. The van der Waals surface area contributed by atoms with Crippen molar-refractivity contribution in [3.05, 3.63) is 51.4 Å². The Morgan fingerprint density at radius 1 is 1.37 bits per heavy atom. The van der Waals surface area contributed by atoms with E-state index in [9.17, 15) is 10.1 Å². The first-order chi connectivity index (χ1) is 9.10. The third-order valence-corrected chi connectivity index (χ3v) is 2.40. The van der Waals surface area contributed by atoms with Crippen molar-refractivity contribution in [3.63, 3.8) is 0 Å². The third kappa shape index (κ3) is 2.94. The standard InChI is InChI=1S/C11H5ClN4O3/c12-9-2-1-8(16(17)18)3-10(9)19-11-6-14-7(4-13)5-15-11/h1-3,5-6H. The number of aromatic nitrogens is 2. The molecule has 0 amide bonds. The monoisotopic (exact) mass is 276 g/mol. The van der Waals surface area contributed by atoms with Crippen molar-refractivity contribution in [3.8, 4) is 17.7 Å². The molecule has 0 unspecified atom stereocenters. The summed E-state index contributed by atoms with van der Waals surface area (Å²) in [6.45, 7) is 0. The van der Waals surface area contributed by atoms with Crippen molar-refractivity contribution in [1.82, 2.24) is 9.97 Å². The Kier molecular flexibility index (Phi) is 3.54. The molecule has 8 heteroatoms. The normalized spacial score (nSPS) is 9.68. The molecule has 0 N–H and O–H groups in total. The second-order valence-electron chi connectivity index (χ2n) is 3.33. The SMILES string of the molecule is N#Cc1cnc(Oc2cc([N+](=O)[O-])ccc2Cl)cn1. The van der Waals surface area contributed by atoms with Gasteiger partial charge in [0.05, 0.1) is 28.4 Å². The summed E-state index contributed by atoms with van der Waals surface area (Å²) in [6, 6.07) is 5.61. The van der Waals surface area contributed by atoms with Gasteiger partial charge >= 0.3 is 0 Å². The molecule has 0 aliphatic carbocycles. The minimum atomic E-state index is -0.562. The molecule has 0 saturated carbocycles. The van der Waals surface area contributed by atoms with Crippen LogP contribution in [0.5, 0.6) is 11.6 Å². The number of hydrogen-bond acceptors (Lipinski definition) is 6. The summed E-state index contributed by atoms with van der Waals surface area (Å²) >= 11 is 5.86. The number of rotatable bonds is 3. The smallest absolute Gasteiger partial charge is 0.273 e. The zero-order valence-electron chi connectivity index (χ0n) is 9.28. The average molecular weight is 277 g/mol. The van der Waals surface area contributed by atoms with E-state index in [1.807, 2.05) is 6.07 Å². The fourth-order valence-corrected chi connectivity index (χ4v) is 1.38. The van der Waals surface area contributed by atoms with Crippen LogP contribution in [0.15, 0.2) is 30.6 Å². The molecule has 94 valence electrons. The van der Waals surface area contributed by atoms with Crippen LogP contribution in [0.2, 0.25) is 5.02 Å². The van der Waals surface area contributed by atoms with Crippen molar-refractivity contribution in [2.75, 3.05) is 0 Å². The number of nitriles is 1. The van der Waals surface area contributed by atoms with Gasteiger partial charge < -0.3 is 4.74 Å². The highest BCUT2D eigenvalue weighted by Crippen LogP contribution is 2.31. The molecular weight excluding hydrogens is 272 g/mol. The van der Waals surface area contributed by atoms with Gasteiger partial charge in [-0.1, -0.05) is 11.6 Å². The average Bonchev–Trinajstić information content (AvgIpc) is 2.42. The predicted octanol–water partition coefficient (Wildman–Crippen LogP) is 2.70. The Morgan fingerprint density at radius 2 is 2.16 bits per heavy atom. The zero-order valence-corrected chi connectivity index (χ0v) is 10.0. The van der Waals surface area contributed by atoms with Gasteiger partial charge in [0.15, 0.2) is 11.4 Å². The summed E-state index contributed by atoms with van der Waals surface area (Å²) in [5, 5.41) is 19.4. The number of nitrogens with zero attached hydrogens (tertiary/aromatic N) is 4. The maximum absolute atomic E-state index is 10.6. The molecule has 0 atom stereocenters. The van der Waals surface area contributed by atoms with Gasteiger partial charge in [-0.3, -0.25) is 10.1 Å². The van der Waals surface area contributed by atoms with Gasteiger partial charge in [-0.05, 0) is 6.07 Å². The molecule has 1 heterocycles. The molecule has 0 saturated heterocycles. The van der Waals surface area contributed by atoms with E-state index in [1.165, 1.54) is 30.6 Å². The lowest BCUT2D eigenvalue weighted by Gasteiger charge is -2.05. The summed E-state index contributed by atoms with van der Waals surface area (Å²) in [5.74, 6) is 0.177. The first-order valence-corrected chi connectivity index (χ1v) is 5.32. The van der Waals surface area contributed by atoms with E-state index in [0.29, 0.717) is 0 Å². The fraction of sp³-hybridized carbons (Fsp3) is 0. The first kappa shape index (κ1) is 12.7. The van der Waals surface area contributed by atoms with Gasteiger partial charge in [-0.25, -0.2) is 9.97 Å². The lowest BCUT2D eigenvalue weighted by Crippen LogP contribution is -1.93. The summed E-state index contributed by atoms with van der Waals surface area (Å²) in [6.07, 6.45) is 2.45. The molecule has 0 fully saturated rings. The van der Waals surface area contributed by atoms with Crippen molar-refractivity contribution in [2.45, 2.75) is 0 Å². The molecule has 1 aromatic heterocycles. The molecule has 0 spiro atoms. The second kappa shape index (κ2) is 5.29. The highest BCUT2D eigenvalue weighted by atomic mass is 35.5. The highest BCUT2D eigenvalue weighted by molar-refractivity contribution is 6.32. The number of benzene rings is 1. The van der Waals surface area contributed by atoms with Crippen LogP contribution in [0.4, 0.5) is 5.69 Å². The molecule has 7 nitrogen and oxygen atoms in total. The van der Waals surface area contributed by atoms with Gasteiger partial charge in [0.1, 0.15) is 6.07 Å². The van der Waals surface area contributed by atoms with E-state index < -0.39 is 4.92 Å². The predicted molar refractivity (Wildman–Crippen MR) is 64.9 cm³/mol. The second-order valence-corrected chi connectivity index (χ2v) is 3.73. The van der Waals surface area contributed by atoms with E-state index in [4.69, 9.17) is 21.6 Å². The minimum absolute atomic E-state index is 0.0846. The van der Waals surface area contributed by atoms with E-state index in [0.717, 1.165) is 0 Å². The molecule has 19 heavy (non-hydrogen) atoms. The van der Waals surface area contributed by atoms with Gasteiger partial charge in [-0.2, -0.15) is 5.26 Å². The number of ether oxygens (including phenoxy) is 1. The largest absolute Gasteiger partial charge is 0.436 e. The molecular formula is C11H5ClN4O3. The molecule has 2 rings (SSSR count). The number of non-ortho nitro benzene ring substituents is 1. The Bertz CT molecular complexity index is 667. The lowest BCUT2D eigenvalue weighted by atomic mass is 10.3. The maximum Gasteiger partial charge on any atom is 0.273 e. The Balaban J connectivity index is 2.29. The Labute approximate surface area is 112 Å². The topological polar surface area (TPSA) is 102 Å². The van der Waals surface area contributed by atoms with Crippen molar-refractivity contribution >= 4 is 17.3 Å². The van der Waals surface area contributed by atoms with Gasteiger partial charge in [-0.15, -0.1) is 0 Å². The van der Waals surface area contributed by atoms with Crippen LogP contribution in [-0.4, -0.2) is 14.9 Å². The van der Waals surface area contributed by atoms with Gasteiger partial charge in [0.2, 0.25) is 5.88 Å². The molecule has 0 aliphatic heterocycles. The van der Waals surface area contributed by atoms with Gasteiger partial charge in [0, 0.05) is 6.07 Å². The van der Waals surface area contributed by atoms with Crippen LogP contribution < -0.4 is 4.74 Å². The molecule has 2 aromatic rings. The van der Waals surface area contributed by atoms with E-state index in [2.05, 4.69) is 9.97 Å². The summed E-state index contributed by atoms with van der Waals surface area (Å²) in [4.78, 5) is 17.7. The highest BCUT2D eigenvalue weighted by Gasteiger charge is 2.12. The van der Waals surface area contributed by atoms with Crippen LogP contribution in [-0.2, 0) is 0 Å². The van der Waals surface area contributed by atoms with E-state index in [1.54, 1.807) is 0 Å². The molecule has 1 aromatic carbocycles. The summed E-state index contributed by atoms with van der Waals surface area (Å²) in [7, 11) is 0. The number of nitro benzene ring substituents is 1. The lowest BCUT2D eigenvalue weighted by molar-refractivity contribution is -0.384. The molecule has 0 radical (unpaired) electrons. The van der Waals surface area contributed by atoms with E-state index in [-0.39, 0.29) is 28.0 Å². The summed E-state index contributed by atoms with van der Waals surface area (Å²) < 4.78 is 5.28. The quantitative estimate of drug-likeness (QED) is 0.631. The zero-order chi connectivity index (χ0) is 13.8. The van der Waals surface area contributed by atoms with Crippen LogP contribution in [0.3, 0.4) is 0 Å². The van der Waals surface area contributed by atoms with Crippen molar-refractivity contribution in [1.29, 1.82) is 5.26 Å². The molecule has 0 aliphatic rings. The van der Waals surface area contributed by atoms with Crippen LogP contribution >= 0.6 is 11.6 Å². The summed E-state index contributed by atoms with van der Waals surface area (Å²) in [5.41, 5.74) is -0.0153. The van der Waals surface area contributed by atoms with Gasteiger partial charge in [0.25, 0.3) is 5.69 Å². The maximum atomic E-state index is 10.6. The van der Waals surface area contributed by atoms with Crippen LogP contribution in [0.1, 0.15) is 5.69 Å². The third-order valence-electron chi connectivity index (χ3n) is 2.08. The van der Waals surface area contributed by atoms with E-state index >= 15 is 0 Å². The number of halogens is 1.